The molecule has 0 aromatic carbocycles. The fraction of sp³-hybridized carbons (Fsp3) is 0.471. The molecule has 2 N–H and O–H groups in total. The summed E-state index contributed by atoms with van der Waals surface area (Å²) in [7, 11) is 0. The maximum absolute atomic E-state index is 9.24. The second-order valence-corrected chi connectivity index (χ2v) is 5.78. The van der Waals surface area contributed by atoms with Crippen LogP contribution in [-0.2, 0) is 6.54 Å². The van der Waals surface area contributed by atoms with Gasteiger partial charge in [-0.2, -0.15) is 5.10 Å². The predicted molar refractivity (Wildman–Crippen MR) is 86.7 cm³/mol. The molecule has 2 heterocycles. The normalized spacial score (nSPS) is 17.8. The highest BCUT2D eigenvalue weighted by molar-refractivity contribution is 5.64. The fourth-order valence-corrected chi connectivity index (χ4v) is 2.90. The number of hydrogen-bond acceptors (Lipinski definition) is 4. The van der Waals surface area contributed by atoms with Gasteiger partial charge >= 0.3 is 0 Å². The highest BCUT2D eigenvalue weighted by Gasteiger charge is 2.15. The molecule has 5 heteroatoms. The molecule has 1 unspecified atom stereocenters. The lowest BCUT2D eigenvalue weighted by molar-refractivity contribution is 0.270. The molecule has 1 aliphatic carbocycles. The van der Waals surface area contributed by atoms with Crippen molar-refractivity contribution in [2.45, 2.75) is 32.7 Å². The van der Waals surface area contributed by atoms with Gasteiger partial charge in [-0.1, -0.05) is 12.2 Å². The van der Waals surface area contributed by atoms with Gasteiger partial charge in [-0.3, -0.25) is 0 Å². The fourth-order valence-electron chi connectivity index (χ4n) is 2.90. The summed E-state index contributed by atoms with van der Waals surface area (Å²) in [5, 5.41) is 17.3. The van der Waals surface area contributed by atoms with Gasteiger partial charge in [0.25, 0.3) is 0 Å². The zero-order valence-corrected chi connectivity index (χ0v) is 13.0. The molecule has 0 fully saturated rings. The van der Waals surface area contributed by atoms with Crippen molar-refractivity contribution >= 4 is 5.82 Å². The van der Waals surface area contributed by atoms with Crippen molar-refractivity contribution in [3.05, 3.63) is 36.3 Å². The Morgan fingerprint density at radius 1 is 1.45 bits per heavy atom. The summed E-state index contributed by atoms with van der Waals surface area (Å²) >= 11 is 0. The average Bonchev–Trinajstić information content (AvgIpc) is 3.13. The molecule has 1 aliphatic rings. The molecule has 5 nitrogen and oxygen atoms in total. The molecule has 1 atom stereocenters. The Morgan fingerprint density at radius 2 is 2.36 bits per heavy atom. The van der Waals surface area contributed by atoms with Gasteiger partial charge in [0.2, 0.25) is 0 Å². The van der Waals surface area contributed by atoms with Crippen molar-refractivity contribution < 1.29 is 9.52 Å². The van der Waals surface area contributed by atoms with Crippen LogP contribution in [0.2, 0.25) is 0 Å². The first-order chi connectivity index (χ1) is 10.8. The first-order valence-electron chi connectivity index (χ1n) is 7.90. The van der Waals surface area contributed by atoms with Crippen molar-refractivity contribution in [2.75, 3.05) is 18.5 Å². The molecule has 2 aromatic heterocycles. The van der Waals surface area contributed by atoms with Crippen LogP contribution in [0.25, 0.3) is 11.3 Å². The zero-order valence-electron chi connectivity index (χ0n) is 13.0. The van der Waals surface area contributed by atoms with Gasteiger partial charge in [0.1, 0.15) is 11.6 Å². The standard InChI is InChI=1S/C17H23N3O2/c1-13-15(7-10-22-13)16-11-17(20(19-16)8-9-21)18-12-14-5-3-2-4-6-14/h2-3,7,10-11,14,18,21H,4-6,8-9,12H2,1H3. The van der Waals surface area contributed by atoms with Gasteiger partial charge in [0.15, 0.2) is 0 Å². The van der Waals surface area contributed by atoms with Crippen LogP contribution in [0.5, 0.6) is 0 Å². The number of rotatable bonds is 6. The number of aromatic nitrogens is 2. The largest absolute Gasteiger partial charge is 0.469 e. The van der Waals surface area contributed by atoms with Crippen LogP contribution in [0.1, 0.15) is 25.0 Å². The van der Waals surface area contributed by atoms with E-state index in [-0.39, 0.29) is 6.61 Å². The van der Waals surface area contributed by atoms with Gasteiger partial charge in [0.05, 0.1) is 25.1 Å². The monoisotopic (exact) mass is 301 g/mol. The third-order valence-electron chi connectivity index (χ3n) is 4.18. The summed E-state index contributed by atoms with van der Waals surface area (Å²) in [6, 6.07) is 3.96. The summed E-state index contributed by atoms with van der Waals surface area (Å²) < 4.78 is 7.19. The lowest BCUT2D eigenvalue weighted by Crippen LogP contribution is -2.18. The van der Waals surface area contributed by atoms with Crippen molar-refractivity contribution in [1.29, 1.82) is 0 Å². The second-order valence-electron chi connectivity index (χ2n) is 5.78. The molecule has 0 saturated carbocycles. The van der Waals surface area contributed by atoms with E-state index in [1.54, 1.807) is 6.26 Å². The summed E-state index contributed by atoms with van der Waals surface area (Å²) in [4.78, 5) is 0. The molecule has 118 valence electrons. The summed E-state index contributed by atoms with van der Waals surface area (Å²) in [5.41, 5.74) is 1.88. The van der Waals surface area contributed by atoms with E-state index in [9.17, 15) is 5.11 Å². The van der Waals surface area contributed by atoms with E-state index in [0.717, 1.165) is 35.8 Å². The molecule has 0 aliphatic heterocycles. The van der Waals surface area contributed by atoms with Gasteiger partial charge < -0.3 is 14.8 Å². The van der Waals surface area contributed by atoms with Crippen LogP contribution in [0.15, 0.2) is 35.0 Å². The Kier molecular flexibility index (Phi) is 4.63. The Bertz CT molecular complexity index is 642. The Balaban J connectivity index is 1.75. The van der Waals surface area contributed by atoms with Gasteiger partial charge in [-0.15, -0.1) is 0 Å². The van der Waals surface area contributed by atoms with Crippen LogP contribution in [0.3, 0.4) is 0 Å². The molecule has 3 rings (SSSR count). The molecular weight excluding hydrogens is 278 g/mol. The van der Waals surface area contributed by atoms with E-state index in [4.69, 9.17) is 4.42 Å². The summed E-state index contributed by atoms with van der Waals surface area (Å²) in [6.07, 6.45) is 9.73. The lowest BCUT2D eigenvalue weighted by atomic mass is 9.94. The number of furan rings is 1. The highest BCUT2D eigenvalue weighted by Crippen LogP contribution is 2.26. The Morgan fingerprint density at radius 3 is 3.05 bits per heavy atom. The maximum atomic E-state index is 9.24. The van der Waals surface area contributed by atoms with Crippen molar-refractivity contribution in [2.24, 2.45) is 5.92 Å². The first-order valence-corrected chi connectivity index (χ1v) is 7.90. The van der Waals surface area contributed by atoms with Gasteiger partial charge in [0, 0.05) is 18.2 Å². The number of aryl methyl sites for hydroxylation is 1. The SMILES string of the molecule is Cc1occc1-c1cc(NCC2CC=CCC2)n(CCO)n1. The van der Waals surface area contributed by atoms with Crippen molar-refractivity contribution in [3.63, 3.8) is 0 Å². The van der Waals surface area contributed by atoms with Crippen LogP contribution < -0.4 is 5.32 Å². The van der Waals surface area contributed by atoms with E-state index in [1.165, 1.54) is 12.8 Å². The molecule has 0 spiro atoms. The molecule has 0 saturated heterocycles. The predicted octanol–water partition coefficient (Wildman–Crippen LogP) is 3.21. The minimum atomic E-state index is 0.0757. The maximum Gasteiger partial charge on any atom is 0.125 e. The Labute approximate surface area is 130 Å². The number of allylic oxidation sites excluding steroid dienone is 2. The number of nitrogens with zero attached hydrogens (tertiary/aromatic N) is 2. The topological polar surface area (TPSA) is 63.2 Å². The van der Waals surface area contributed by atoms with Crippen LogP contribution in [0, 0.1) is 12.8 Å². The highest BCUT2D eigenvalue weighted by atomic mass is 16.3. The number of nitrogens with one attached hydrogen (secondary N) is 1. The number of aliphatic hydroxyl groups is 1. The minimum Gasteiger partial charge on any atom is -0.469 e. The minimum absolute atomic E-state index is 0.0757. The third-order valence-corrected chi connectivity index (χ3v) is 4.18. The molecular formula is C17H23N3O2. The van der Waals surface area contributed by atoms with Crippen LogP contribution in [0.4, 0.5) is 5.82 Å². The number of hydrogen-bond donors (Lipinski definition) is 2. The van der Waals surface area contributed by atoms with E-state index in [0.29, 0.717) is 12.5 Å². The van der Waals surface area contributed by atoms with E-state index in [1.807, 2.05) is 23.7 Å². The smallest absolute Gasteiger partial charge is 0.125 e. The van der Waals surface area contributed by atoms with Crippen LogP contribution >= 0.6 is 0 Å². The zero-order chi connectivity index (χ0) is 15.4. The van der Waals surface area contributed by atoms with Crippen molar-refractivity contribution in [3.8, 4) is 11.3 Å². The number of anilines is 1. The number of aliphatic hydroxyl groups excluding tert-OH is 1. The van der Waals surface area contributed by atoms with E-state index >= 15 is 0 Å². The molecule has 0 radical (unpaired) electrons. The first kappa shape index (κ1) is 14.9. The van der Waals surface area contributed by atoms with E-state index in [2.05, 4.69) is 22.6 Å². The quantitative estimate of drug-likeness (QED) is 0.804. The van der Waals surface area contributed by atoms with Gasteiger partial charge in [-0.05, 0) is 38.2 Å². The van der Waals surface area contributed by atoms with E-state index < -0.39 is 0 Å². The van der Waals surface area contributed by atoms with Crippen molar-refractivity contribution in [1.82, 2.24) is 9.78 Å². The third kappa shape index (κ3) is 3.25. The molecule has 0 amide bonds. The van der Waals surface area contributed by atoms with Gasteiger partial charge in [-0.25, -0.2) is 4.68 Å². The van der Waals surface area contributed by atoms with Crippen LogP contribution in [-0.4, -0.2) is 28.0 Å². The summed E-state index contributed by atoms with van der Waals surface area (Å²) in [6.45, 7) is 3.43. The molecule has 22 heavy (non-hydrogen) atoms. The molecule has 2 aromatic rings. The lowest BCUT2D eigenvalue weighted by Gasteiger charge is -2.19. The average molecular weight is 301 g/mol. The summed E-state index contributed by atoms with van der Waals surface area (Å²) in [5.74, 6) is 2.48. The second kappa shape index (κ2) is 6.83. The Hall–Kier alpha value is -2.01. The molecule has 0 bridgehead atoms.